The molecular weight excluding hydrogens is 254 g/mol. The van der Waals surface area contributed by atoms with Crippen molar-refractivity contribution < 1.29 is 19.8 Å². The molecule has 0 radical (unpaired) electrons. The normalized spacial score (nSPS) is 11.8. The summed E-state index contributed by atoms with van der Waals surface area (Å²) >= 11 is -1.92. The third-order valence-corrected chi connectivity index (χ3v) is 1.04. The van der Waals surface area contributed by atoms with E-state index in [0.29, 0.717) is 5.76 Å². The van der Waals surface area contributed by atoms with E-state index in [2.05, 4.69) is 0 Å². The van der Waals surface area contributed by atoms with Gasteiger partial charge in [-0.25, -0.2) is 0 Å². The molecule has 5 heteroatoms. The first-order chi connectivity index (χ1) is 5.21. The molecule has 0 atom stereocenters. The molecule has 0 bridgehead atoms. The fourth-order valence-electron chi connectivity index (χ4n) is 0.433. The molecule has 0 unspecified atom stereocenters. The quantitative estimate of drug-likeness (QED) is 0.504. The van der Waals surface area contributed by atoms with Crippen molar-refractivity contribution in [2.45, 2.75) is 27.7 Å². The number of rotatable bonds is 0. The molecule has 1 nitrogen and oxygen atoms in total. The van der Waals surface area contributed by atoms with E-state index in [1.807, 2.05) is 27.7 Å². The second-order valence-corrected chi connectivity index (χ2v) is 10.9. The van der Waals surface area contributed by atoms with E-state index in [1.54, 1.807) is 6.08 Å². The molecule has 1 N–H and O–H groups in total. The summed E-state index contributed by atoms with van der Waals surface area (Å²) in [7, 11) is 14.9. The van der Waals surface area contributed by atoms with E-state index < -0.39 is 14.7 Å². The van der Waals surface area contributed by atoms with Gasteiger partial charge in [0.05, 0.1) is 5.76 Å². The van der Waals surface area contributed by atoms with Crippen molar-refractivity contribution in [1.29, 1.82) is 0 Å². The first kappa shape index (κ1) is 15.6. The van der Waals surface area contributed by atoms with Crippen LogP contribution in [0.1, 0.15) is 27.7 Å². The molecule has 0 aliphatic carbocycles. The van der Waals surface area contributed by atoms with Crippen LogP contribution in [0.25, 0.3) is 0 Å². The number of aliphatic hydroxyl groups is 1. The van der Waals surface area contributed by atoms with Gasteiger partial charge in [0.1, 0.15) is 0 Å². The maximum absolute atomic E-state index is 9.06. The van der Waals surface area contributed by atoms with Crippen LogP contribution in [-0.2, 0) is 14.7 Å². The first-order valence-corrected chi connectivity index (χ1v) is 9.85. The monoisotopic (exact) mass is 267 g/mol. The average molecular weight is 268 g/mol. The Balaban J connectivity index is 0. The summed E-state index contributed by atoms with van der Waals surface area (Å²) in [5.74, 6) is 0.456. The Morgan fingerprint density at radius 2 is 1.50 bits per heavy atom. The summed E-state index contributed by atoms with van der Waals surface area (Å²) < 4.78 is 0. The van der Waals surface area contributed by atoms with Crippen LogP contribution in [0.4, 0.5) is 0 Å². The molecule has 0 saturated carbocycles. The predicted octanol–water partition coefficient (Wildman–Crippen LogP) is 4.56. The Morgan fingerprint density at radius 1 is 1.25 bits per heavy atom. The van der Waals surface area contributed by atoms with Crippen LogP contribution >= 0.6 is 27.9 Å². The second kappa shape index (κ2) is 7.52. The Kier molecular flexibility index (Phi) is 9.77. The standard InChI is InChI=1S/C7H14O.3ClH.Ti/c1-5-6(8)7(2,3)4;;;;/h5,8H,1-4H3;3*1H;/q;;;;+3/p-3/b6-5-;;;;. The Labute approximate surface area is 92.2 Å². The van der Waals surface area contributed by atoms with Gasteiger partial charge in [0, 0.05) is 5.41 Å². The van der Waals surface area contributed by atoms with E-state index in [0.717, 1.165) is 0 Å². The van der Waals surface area contributed by atoms with E-state index in [4.69, 9.17) is 33.0 Å². The molecule has 0 spiro atoms. The Morgan fingerprint density at radius 3 is 1.50 bits per heavy atom. The van der Waals surface area contributed by atoms with E-state index >= 15 is 0 Å². The van der Waals surface area contributed by atoms with Crippen molar-refractivity contribution in [1.82, 2.24) is 0 Å². The van der Waals surface area contributed by atoms with Crippen molar-refractivity contribution in [2.75, 3.05) is 0 Å². The summed E-state index contributed by atoms with van der Waals surface area (Å²) in [5.41, 5.74) is -0.0747. The van der Waals surface area contributed by atoms with Crippen LogP contribution in [-0.4, -0.2) is 5.11 Å². The molecule has 0 heterocycles. The van der Waals surface area contributed by atoms with Gasteiger partial charge >= 0.3 is 42.6 Å². The Bertz CT molecular complexity index is 137. The molecule has 0 aliphatic heterocycles. The zero-order valence-corrected chi connectivity index (χ0v) is 11.5. The van der Waals surface area contributed by atoms with Crippen molar-refractivity contribution in [3.8, 4) is 0 Å². The summed E-state index contributed by atoms with van der Waals surface area (Å²) in [6.45, 7) is 7.76. The summed E-state index contributed by atoms with van der Waals surface area (Å²) in [6, 6.07) is 0. The molecule has 0 aromatic carbocycles. The van der Waals surface area contributed by atoms with Gasteiger partial charge in [-0.15, -0.1) is 0 Å². The van der Waals surface area contributed by atoms with Crippen molar-refractivity contribution in [3.05, 3.63) is 11.8 Å². The molecule has 0 aromatic heterocycles. The summed E-state index contributed by atoms with van der Waals surface area (Å²) in [4.78, 5) is 0. The van der Waals surface area contributed by atoms with Crippen molar-refractivity contribution in [2.24, 2.45) is 5.41 Å². The second-order valence-electron chi connectivity index (χ2n) is 3.14. The van der Waals surface area contributed by atoms with Gasteiger partial charge in [0.15, 0.2) is 0 Å². The van der Waals surface area contributed by atoms with E-state index in [1.165, 1.54) is 0 Å². The number of aliphatic hydroxyl groups excluding tert-OH is 1. The van der Waals surface area contributed by atoms with Gasteiger partial charge in [-0.3, -0.25) is 0 Å². The van der Waals surface area contributed by atoms with Gasteiger partial charge in [-0.1, -0.05) is 20.8 Å². The molecule has 0 aromatic rings. The van der Waals surface area contributed by atoms with Crippen LogP contribution in [0.5, 0.6) is 0 Å². The van der Waals surface area contributed by atoms with Crippen LogP contribution in [0.15, 0.2) is 11.8 Å². The van der Waals surface area contributed by atoms with Gasteiger partial charge in [-0.05, 0) is 13.0 Å². The van der Waals surface area contributed by atoms with Gasteiger partial charge in [0.25, 0.3) is 0 Å². The van der Waals surface area contributed by atoms with Crippen LogP contribution in [0.2, 0.25) is 0 Å². The SMILES string of the molecule is C/C=C(\O)C(C)(C)C.[Cl][Ti]([Cl])[Cl]. The Hall–Kier alpha value is 1.12. The van der Waals surface area contributed by atoms with Crippen molar-refractivity contribution >= 4 is 27.9 Å². The third kappa shape index (κ3) is 13.7. The molecule has 0 fully saturated rings. The van der Waals surface area contributed by atoms with Gasteiger partial charge in [0.2, 0.25) is 0 Å². The zero-order valence-electron chi connectivity index (χ0n) is 7.66. The van der Waals surface area contributed by atoms with E-state index in [-0.39, 0.29) is 5.41 Å². The first-order valence-electron chi connectivity index (χ1n) is 3.41. The predicted molar refractivity (Wildman–Crippen MR) is 53.4 cm³/mol. The topological polar surface area (TPSA) is 20.2 Å². The summed E-state index contributed by atoms with van der Waals surface area (Å²) in [6.07, 6.45) is 1.72. The molecule has 0 saturated heterocycles. The fourth-order valence-corrected chi connectivity index (χ4v) is 0.433. The molecular formula is C7H14Cl3OTi. The maximum atomic E-state index is 9.06. The van der Waals surface area contributed by atoms with Crippen molar-refractivity contribution in [3.63, 3.8) is 0 Å². The van der Waals surface area contributed by atoms with E-state index in [9.17, 15) is 0 Å². The zero-order chi connectivity index (χ0) is 10.4. The minimum absolute atomic E-state index is 0.0747. The summed E-state index contributed by atoms with van der Waals surface area (Å²) in [5, 5.41) is 9.06. The molecule has 73 valence electrons. The van der Waals surface area contributed by atoms with Gasteiger partial charge in [-0.2, -0.15) is 0 Å². The molecule has 12 heavy (non-hydrogen) atoms. The molecule has 0 aliphatic rings. The number of hydrogen-bond donors (Lipinski definition) is 1. The van der Waals surface area contributed by atoms with Gasteiger partial charge < -0.3 is 5.11 Å². The minimum atomic E-state index is -1.92. The van der Waals surface area contributed by atoms with Crippen LogP contribution in [0.3, 0.4) is 0 Å². The molecule has 0 rings (SSSR count). The average Bonchev–Trinajstić information content (AvgIpc) is 1.82. The number of halogens is 3. The number of allylic oxidation sites excluding steroid dienone is 2. The fraction of sp³-hybridized carbons (Fsp3) is 0.714. The van der Waals surface area contributed by atoms with Crippen LogP contribution in [0, 0.1) is 5.41 Å². The third-order valence-electron chi connectivity index (χ3n) is 1.04. The number of hydrogen-bond acceptors (Lipinski definition) is 1. The molecule has 0 amide bonds. The van der Waals surface area contributed by atoms with Crippen LogP contribution < -0.4 is 0 Å².